The first kappa shape index (κ1) is 11.9. The number of carbonyl (C=O) groups is 1. The molecule has 2 nitrogen and oxygen atoms in total. The normalized spacial score (nSPS) is 35.2. The zero-order valence-corrected chi connectivity index (χ0v) is 10.0. The molecule has 1 fully saturated rings. The molecule has 3 heteroatoms. The first-order valence-corrected chi connectivity index (χ1v) is 6.31. The number of thioether (sulfide) groups is 1. The van der Waals surface area contributed by atoms with Crippen molar-refractivity contribution in [1.82, 2.24) is 0 Å². The number of carboxylic acid groups (broad SMARTS) is 1. The van der Waals surface area contributed by atoms with E-state index in [0.717, 1.165) is 11.8 Å². The number of hydrogen-bond acceptors (Lipinski definition) is 2. The lowest BCUT2D eigenvalue weighted by molar-refractivity contribution is -0.136. The molecule has 1 saturated carbocycles. The third-order valence-electron chi connectivity index (χ3n) is 2.88. The van der Waals surface area contributed by atoms with Crippen molar-refractivity contribution in [3.05, 3.63) is 0 Å². The summed E-state index contributed by atoms with van der Waals surface area (Å²) in [7, 11) is 0. The van der Waals surface area contributed by atoms with Gasteiger partial charge in [0.15, 0.2) is 0 Å². The molecule has 1 rings (SSSR count). The smallest absolute Gasteiger partial charge is 0.316 e. The third kappa shape index (κ3) is 3.52. The van der Waals surface area contributed by atoms with Gasteiger partial charge in [-0.05, 0) is 38.0 Å². The van der Waals surface area contributed by atoms with Crippen LogP contribution in [0.3, 0.4) is 0 Å². The molecule has 0 saturated heterocycles. The highest BCUT2D eigenvalue weighted by atomic mass is 32.2. The van der Waals surface area contributed by atoms with Gasteiger partial charge in [-0.2, -0.15) is 0 Å². The molecule has 3 atom stereocenters. The number of carboxylic acids is 1. The predicted molar refractivity (Wildman–Crippen MR) is 60.7 cm³/mol. The first-order valence-electron chi connectivity index (χ1n) is 5.37. The summed E-state index contributed by atoms with van der Waals surface area (Å²) in [4.78, 5) is 10.7. The maximum atomic E-state index is 10.7. The first-order chi connectivity index (χ1) is 6.49. The van der Waals surface area contributed by atoms with E-state index in [4.69, 9.17) is 5.11 Å². The Morgan fingerprint density at radius 1 is 1.29 bits per heavy atom. The lowest BCUT2D eigenvalue weighted by Gasteiger charge is -2.31. The molecule has 1 N–H and O–H groups in total. The molecule has 1 aliphatic rings. The lowest BCUT2D eigenvalue weighted by Crippen LogP contribution is -2.25. The molecule has 0 aromatic heterocycles. The molecular weight excluding hydrogens is 196 g/mol. The van der Waals surface area contributed by atoms with Crippen molar-refractivity contribution in [3.8, 4) is 0 Å². The Morgan fingerprint density at radius 2 is 1.79 bits per heavy atom. The van der Waals surface area contributed by atoms with Crippen LogP contribution < -0.4 is 0 Å². The SMILES string of the molecule is CC1CC(C)CC(SC(C)C(=O)O)C1. The van der Waals surface area contributed by atoms with Gasteiger partial charge in [0.25, 0.3) is 0 Å². The lowest BCUT2D eigenvalue weighted by atomic mass is 9.83. The fourth-order valence-corrected chi connectivity index (χ4v) is 3.90. The van der Waals surface area contributed by atoms with E-state index in [2.05, 4.69) is 13.8 Å². The van der Waals surface area contributed by atoms with E-state index in [1.54, 1.807) is 18.7 Å². The zero-order valence-electron chi connectivity index (χ0n) is 9.19. The highest BCUT2D eigenvalue weighted by Crippen LogP contribution is 2.36. The van der Waals surface area contributed by atoms with Crippen LogP contribution in [0.4, 0.5) is 0 Å². The molecule has 1 aliphatic carbocycles. The highest BCUT2D eigenvalue weighted by Gasteiger charge is 2.27. The Morgan fingerprint density at radius 3 is 2.21 bits per heavy atom. The minimum Gasteiger partial charge on any atom is -0.480 e. The van der Waals surface area contributed by atoms with Crippen LogP contribution >= 0.6 is 11.8 Å². The van der Waals surface area contributed by atoms with Gasteiger partial charge in [-0.15, -0.1) is 11.8 Å². The van der Waals surface area contributed by atoms with Crippen LogP contribution in [0.15, 0.2) is 0 Å². The van der Waals surface area contributed by atoms with Crippen LogP contribution in [0.1, 0.15) is 40.0 Å². The second kappa shape index (κ2) is 5.06. The number of rotatable bonds is 3. The second-order valence-electron chi connectivity index (χ2n) is 4.66. The molecule has 0 bridgehead atoms. The summed E-state index contributed by atoms with van der Waals surface area (Å²) in [6.07, 6.45) is 3.68. The van der Waals surface area contributed by atoms with E-state index in [1.807, 2.05) is 0 Å². The van der Waals surface area contributed by atoms with Crippen molar-refractivity contribution < 1.29 is 9.90 Å². The molecular formula is C11H20O2S. The van der Waals surface area contributed by atoms with Gasteiger partial charge >= 0.3 is 5.97 Å². The van der Waals surface area contributed by atoms with E-state index in [-0.39, 0.29) is 5.25 Å². The van der Waals surface area contributed by atoms with E-state index < -0.39 is 5.97 Å². The van der Waals surface area contributed by atoms with Crippen molar-refractivity contribution in [3.63, 3.8) is 0 Å². The highest BCUT2D eigenvalue weighted by molar-refractivity contribution is 8.01. The third-order valence-corrected chi connectivity index (χ3v) is 4.26. The van der Waals surface area contributed by atoms with Gasteiger partial charge in [0.05, 0.1) is 5.25 Å². The summed E-state index contributed by atoms with van der Waals surface area (Å²) in [6, 6.07) is 0. The topological polar surface area (TPSA) is 37.3 Å². The zero-order chi connectivity index (χ0) is 10.7. The fourth-order valence-electron chi connectivity index (χ4n) is 2.33. The minimum atomic E-state index is -0.680. The summed E-state index contributed by atoms with van der Waals surface area (Å²) in [5.41, 5.74) is 0. The Bertz CT molecular complexity index is 195. The summed E-state index contributed by atoms with van der Waals surface area (Å²) in [5, 5.41) is 9.13. The fraction of sp³-hybridized carbons (Fsp3) is 0.909. The Balaban J connectivity index is 2.40. The van der Waals surface area contributed by atoms with Gasteiger partial charge < -0.3 is 5.11 Å². The molecule has 0 aromatic carbocycles. The standard InChI is InChI=1S/C11H20O2S/c1-7-4-8(2)6-10(5-7)14-9(3)11(12)13/h7-10H,4-6H2,1-3H3,(H,12,13). The van der Waals surface area contributed by atoms with Crippen molar-refractivity contribution >= 4 is 17.7 Å². The van der Waals surface area contributed by atoms with Gasteiger partial charge in [0.1, 0.15) is 0 Å². The second-order valence-corrected chi connectivity index (χ2v) is 6.30. The molecule has 82 valence electrons. The largest absolute Gasteiger partial charge is 0.480 e. The Labute approximate surface area is 90.5 Å². The van der Waals surface area contributed by atoms with Crippen molar-refractivity contribution in [2.75, 3.05) is 0 Å². The monoisotopic (exact) mass is 216 g/mol. The average Bonchev–Trinajstić information content (AvgIpc) is 2.01. The summed E-state index contributed by atoms with van der Waals surface area (Å²) >= 11 is 1.64. The molecule has 0 aliphatic heterocycles. The predicted octanol–water partition coefficient (Wildman–Crippen LogP) is 3.02. The molecule has 0 heterocycles. The van der Waals surface area contributed by atoms with Gasteiger partial charge in [0.2, 0.25) is 0 Å². The number of hydrogen-bond donors (Lipinski definition) is 1. The maximum absolute atomic E-state index is 10.7. The quantitative estimate of drug-likeness (QED) is 0.788. The summed E-state index contributed by atoms with van der Waals surface area (Å²) in [6.45, 7) is 6.33. The summed E-state index contributed by atoms with van der Waals surface area (Å²) in [5.74, 6) is 0.843. The van der Waals surface area contributed by atoms with E-state index >= 15 is 0 Å². The molecule has 0 radical (unpaired) electrons. The summed E-state index contributed by atoms with van der Waals surface area (Å²) < 4.78 is 0. The molecule has 14 heavy (non-hydrogen) atoms. The number of aliphatic carboxylic acids is 1. The minimum absolute atomic E-state index is 0.252. The molecule has 0 spiro atoms. The van der Waals surface area contributed by atoms with Gasteiger partial charge in [0, 0.05) is 5.25 Å². The van der Waals surface area contributed by atoms with Crippen LogP contribution in [0.5, 0.6) is 0 Å². The van der Waals surface area contributed by atoms with Crippen LogP contribution in [-0.2, 0) is 4.79 Å². The van der Waals surface area contributed by atoms with Gasteiger partial charge in [-0.3, -0.25) is 4.79 Å². The Hall–Kier alpha value is -0.180. The van der Waals surface area contributed by atoms with Crippen molar-refractivity contribution in [1.29, 1.82) is 0 Å². The van der Waals surface area contributed by atoms with Crippen molar-refractivity contribution in [2.24, 2.45) is 11.8 Å². The van der Waals surface area contributed by atoms with Crippen LogP contribution in [0.2, 0.25) is 0 Å². The van der Waals surface area contributed by atoms with Crippen LogP contribution in [0, 0.1) is 11.8 Å². The van der Waals surface area contributed by atoms with E-state index in [1.165, 1.54) is 19.3 Å². The average molecular weight is 216 g/mol. The van der Waals surface area contributed by atoms with E-state index in [0.29, 0.717) is 5.25 Å². The molecule has 3 unspecified atom stereocenters. The van der Waals surface area contributed by atoms with Crippen LogP contribution in [-0.4, -0.2) is 21.6 Å². The molecule has 0 amide bonds. The Kier molecular flexibility index (Phi) is 4.30. The van der Waals surface area contributed by atoms with E-state index in [9.17, 15) is 4.79 Å². The van der Waals surface area contributed by atoms with Crippen LogP contribution in [0.25, 0.3) is 0 Å². The molecule has 0 aromatic rings. The van der Waals surface area contributed by atoms with Gasteiger partial charge in [-0.1, -0.05) is 13.8 Å². The van der Waals surface area contributed by atoms with Crippen molar-refractivity contribution in [2.45, 2.75) is 50.5 Å². The van der Waals surface area contributed by atoms with Gasteiger partial charge in [-0.25, -0.2) is 0 Å². The maximum Gasteiger partial charge on any atom is 0.316 e.